The summed E-state index contributed by atoms with van der Waals surface area (Å²) in [5.74, 6) is -0.684. The predicted molar refractivity (Wildman–Crippen MR) is 168 cm³/mol. The molecule has 1 atom stereocenters. The van der Waals surface area contributed by atoms with E-state index in [9.17, 15) is 18.0 Å². The Morgan fingerprint density at radius 3 is 2.17 bits per heavy atom. The van der Waals surface area contributed by atoms with Gasteiger partial charge in [-0.05, 0) is 80.5 Å². The number of sulfonamides is 1. The minimum Gasteiger partial charge on any atom is -0.354 e. The lowest BCUT2D eigenvalue weighted by atomic mass is 10.1. The number of carbonyl (C=O) groups is 2. The summed E-state index contributed by atoms with van der Waals surface area (Å²) in [6, 6.07) is 20.7. The third kappa shape index (κ3) is 8.36. The molecule has 1 unspecified atom stereocenters. The van der Waals surface area contributed by atoms with Crippen molar-refractivity contribution in [2.24, 2.45) is 0 Å². The third-order valence-corrected chi connectivity index (χ3v) is 9.60. The van der Waals surface area contributed by atoms with Crippen LogP contribution in [0.2, 0.25) is 0 Å². The molecule has 0 saturated heterocycles. The molecule has 3 aromatic rings. The zero-order valence-electron chi connectivity index (χ0n) is 24.6. The maximum atomic E-state index is 14.2. The van der Waals surface area contributed by atoms with E-state index in [0.717, 1.165) is 38.7 Å². The van der Waals surface area contributed by atoms with Gasteiger partial charge < -0.3 is 10.2 Å². The van der Waals surface area contributed by atoms with Gasteiger partial charge in [-0.15, -0.1) is 11.8 Å². The van der Waals surface area contributed by atoms with E-state index in [-0.39, 0.29) is 17.3 Å². The van der Waals surface area contributed by atoms with E-state index in [1.54, 1.807) is 36.4 Å². The summed E-state index contributed by atoms with van der Waals surface area (Å²) in [4.78, 5) is 30.0. The van der Waals surface area contributed by atoms with E-state index in [1.165, 1.54) is 16.7 Å². The van der Waals surface area contributed by atoms with Gasteiger partial charge in [0.1, 0.15) is 12.6 Å². The molecule has 0 saturated carbocycles. The Bertz CT molecular complexity index is 1410. The van der Waals surface area contributed by atoms with Crippen LogP contribution in [-0.4, -0.2) is 50.5 Å². The first kappa shape index (κ1) is 32.2. The number of nitrogens with one attached hydrogen (secondary N) is 1. The summed E-state index contributed by atoms with van der Waals surface area (Å²) in [5, 5.41) is 2.96. The number of aryl methyl sites for hydroxylation is 2. The van der Waals surface area contributed by atoms with Crippen molar-refractivity contribution in [1.82, 2.24) is 10.2 Å². The maximum absolute atomic E-state index is 14.2. The molecule has 9 heteroatoms. The van der Waals surface area contributed by atoms with Crippen LogP contribution in [-0.2, 0) is 26.2 Å². The molecular formula is C32H41N3O4S2. The summed E-state index contributed by atoms with van der Waals surface area (Å²) >= 11 is 1.52. The van der Waals surface area contributed by atoms with Gasteiger partial charge >= 0.3 is 0 Å². The van der Waals surface area contributed by atoms with Gasteiger partial charge in [0, 0.05) is 18.0 Å². The van der Waals surface area contributed by atoms with Gasteiger partial charge in [0.2, 0.25) is 11.8 Å². The van der Waals surface area contributed by atoms with Crippen LogP contribution in [0.15, 0.2) is 82.6 Å². The van der Waals surface area contributed by atoms with Crippen molar-refractivity contribution < 1.29 is 18.0 Å². The lowest BCUT2D eigenvalue weighted by Crippen LogP contribution is -2.52. The summed E-state index contributed by atoms with van der Waals surface area (Å²) in [6.45, 7) is 8.06. The molecule has 0 aliphatic heterocycles. The Morgan fingerprint density at radius 1 is 0.927 bits per heavy atom. The highest BCUT2D eigenvalue weighted by Crippen LogP contribution is 2.27. The van der Waals surface area contributed by atoms with Crippen molar-refractivity contribution >= 4 is 39.3 Å². The molecule has 0 radical (unpaired) electrons. The standard InChI is InChI=1S/C32H41N3O4S2/c1-6-8-21-33-32(37)30(7-2)34(22-26-12-10-9-11-25(26)4)31(36)23-35(27-15-13-24(3)14-16-27)41(38,39)29-19-17-28(40-5)18-20-29/h9-20,30H,6-8,21-23H2,1-5H3,(H,33,37). The van der Waals surface area contributed by atoms with Crippen LogP contribution in [0.3, 0.4) is 0 Å². The molecule has 3 rings (SSSR count). The third-order valence-electron chi connectivity index (χ3n) is 7.07. The number of carbonyl (C=O) groups excluding carboxylic acids is 2. The molecule has 41 heavy (non-hydrogen) atoms. The molecule has 0 spiro atoms. The van der Waals surface area contributed by atoms with Crippen LogP contribution in [0, 0.1) is 13.8 Å². The lowest BCUT2D eigenvalue weighted by Gasteiger charge is -2.33. The zero-order valence-corrected chi connectivity index (χ0v) is 26.2. The first-order valence-electron chi connectivity index (χ1n) is 14.0. The van der Waals surface area contributed by atoms with Crippen molar-refractivity contribution in [2.45, 2.75) is 69.3 Å². The number of hydrogen-bond donors (Lipinski definition) is 1. The van der Waals surface area contributed by atoms with E-state index in [1.807, 2.05) is 70.3 Å². The SMILES string of the molecule is CCCCNC(=O)C(CC)N(Cc1ccccc1C)C(=O)CN(c1ccc(C)cc1)S(=O)(=O)c1ccc(SC)cc1. The minimum absolute atomic E-state index is 0.0958. The highest BCUT2D eigenvalue weighted by atomic mass is 32.2. The number of benzene rings is 3. The molecule has 2 amide bonds. The van der Waals surface area contributed by atoms with Crippen LogP contribution in [0.5, 0.6) is 0 Å². The summed E-state index contributed by atoms with van der Waals surface area (Å²) in [7, 11) is -4.10. The summed E-state index contributed by atoms with van der Waals surface area (Å²) < 4.78 is 29.2. The topological polar surface area (TPSA) is 86.8 Å². The number of rotatable bonds is 14. The molecule has 0 fully saturated rings. The average molecular weight is 596 g/mol. The van der Waals surface area contributed by atoms with E-state index in [0.29, 0.717) is 18.7 Å². The first-order chi connectivity index (χ1) is 19.6. The molecule has 220 valence electrons. The van der Waals surface area contributed by atoms with Crippen LogP contribution in [0.25, 0.3) is 0 Å². The van der Waals surface area contributed by atoms with Gasteiger partial charge in [-0.2, -0.15) is 0 Å². The van der Waals surface area contributed by atoms with Gasteiger partial charge in [0.15, 0.2) is 0 Å². The number of nitrogens with zero attached hydrogens (tertiary/aromatic N) is 2. The van der Waals surface area contributed by atoms with E-state index < -0.39 is 28.5 Å². The van der Waals surface area contributed by atoms with Crippen molar-refractivity contribution in [3.05, 3.63) is 89.5 Å². The minimum atomic E-state index is -4.10. The fourth-order valence-corrected chi connectivity index (χ4v) is 6.33. The predicted octanol–water partition coefficient (Wildman–Crippen LogP) is 5.94. The molecule has 0 aliphatic rings. The van der Waals surface area contributed by atoms with Gasteiger partial charge in [-0.1, -0.05) is 62.2 Å². The van der Waals surface area contributed by atoms with Gasteiger partial charge in [0.25, 0.3) is 10.0 Å². The highest BCUT2D eigenvalue weighted by molar-refractivity contribution is 7.98. The van der Waals surface area contributed by atoms with E-state index in [2.05, 4.69) is 5.32 Å². The van der Waals surface area contributed by atoms with Crippen LogP contribution in [0.1, 0.15) is 49.8 Å². The van der Waals surface area contributed by atoms with Crippen LogP contribution >= 0.6 is 11.8 Å². The second kappa shape index (κ2) is 15.1. The second-order valence-electron chi connectivity index (χ2n) is 10.0. The first-order valence-corrected chi connectivity index (χ1v) is 16.6. The molecule has 1 N–H and O–H groups in total. The molecule has 7 nitrogen and oxygen atoms in total. The number of amides is 2. The van der Waals surface area contributed by atoms with Crippen molar-refractivity contribution in [1.29, 1.82) is 0 Å². The number of unbranched alkanes of at least 4 members (excludes halogenated alkanes) is 1. The van der Waals surface area contributed by atoms with Gasteiger partial charge in [-0.25, -0.2) is 8.42 Å². The van der Waals surface area contributed by atoms with E-state index >= 15 is 0 Å². The molecule has 0 heterocycles. The Hall–Kier alpha value is -3.30. The number of anilines is 1. The smallest absolute Gasteiger partial charge is 0.264 e. The number of thioether (sulfide) groups is 1. The summed E-state index contributed by atoms with van der Waals surface area (Å²) in [6.07, 6.45) is 4.09. The highest BCUT2D eigenvalue weighted by Gasteiger charge is 2.33. The quantitative estimate of drug-likeness (QED) is 0.184. The zero-order chi connectivity index (χ0) is 30.0. The Labute approximate surface area is 249 Å². The largest absolute Gasteiger partial charge is 0.354 e. The second-order valence-corrected chi connectivity index (χ2v) is 12.8. The Kier molecular flexibility index (Phi) is 11.8. The normalized spacial score (nSPS) is 12.0. The molecule has 0 aromatic heterocycles. The van der Waals surface area contributed by atoms with Crippen LogP contribution in [0.4, 0.5) is 5.69 Å². The van der Waals surface area contributed by atoms with Crippen molar-refractivity contribution in [2.75, 3.05) is 23.7 Å². The average Bonchev–Trinajstić information content (AvgIpc) is 2.97. The van der Waals surface area contributed by atoms with Crippen molar-refractivity contribution in [3.8, 4) is 0 Å². The summed E-state index contributed by atoms with van der Waals surface area (Å²) in [5.41, 5.74) is 3.24. The Balaban J connectivity index is 2.04. The molecule has 0 bridgehead atoms. The van der Waals surface area contributed by atoms with Crippen molar-refractivity contribution in [3.63, 3.8) is 0 Å². The van der Waals surface area contributed by atoms with E-state index in [4.69, 9.17) is 0 Å². The lowest BCUT2D eigenvalue weighted by molar-refractivity contribution is -0.140. The number of hydrogen-bond acceptors (Lipinski definition) is 5. The van der Waals surface area contributed by atoms with Gasteiger partial charge in [0.05, 0.1) is 10.6 Å². The Morgan fingerprint density at radius 2 is 1.59 bits per heavy atom. The molecule has 3 aromatic carbocycles. The molecular weight excluding hydrogens is 555 g/mol. The van der Waals surface area contributed by atoms with Crippen LogP contribution < -0.4 is 9.62 Å². The fourth-order valence-electron chi connectivity index (χ4n) is 4.51. The molecule has 0 aliphatic carbocycles. The van der Waals surface area contributed by atoms with Gasteiger partial charge in [-0.3, -0.25) is 13.9 Å². The fraction of sp³-hybridized carbons (Fsp3) is 0.375. The monoisotopic (exact) mass is 595 g/mol. The maximum Gasteiger partial charge on any atom is 0.264 e.